The quantitative estimate of drug-likeness (QED) is 0.346. The number of amides is 2. The van der Waals surface area contributed by atoms with Crippen LogP contribution in [-0.2, 0) is 0 Å². The molecule has 0 heterocycles. The number of carbonyl (C=O) groups excluding carboxylic acids is 2. The maximum atomic E-state index is 13.1. The van der Waals surface area contributed by atoms with E-state index in [2.05, 4.69) is 5.32 Å². The number of aryl methyl sites for hydroxylation is 1. The minimum atomic E-state index is -0.225. The van der Waals surface area contributed by atoms with Gasteiger partial charge in [-0.1, -0.05) is 60.2 Å². The summed E-state index contributed by atoms with van der Waals surface area (Å²) >= 11 is 0. The Morgan fingerprint density at radius 1 is 0.861 bits per heavy atom. The second-order valence-electron chi connectivity index (χ2n) is 8.35. The van der Waals surface area contributed by atoms with E-state index in [1.807, 2.05) is 61.5 Å². The number of anilines is 2. The third-order valence-corrected chi connectivity index (χ3v) is 5.80. The molecule has 0 aliphatic rings. The predicted octanol–water partition coefficient (Wildman–Crippen LogP) is 5.56. The van der Waals surface area contributed by atoms with Crippen molar-refractivity contribution in [2.75, 3.05) is 30.5 Å². The fraction of sp³-hybridized carbons (Fsp3) is 0.133. The van der Waals surface area contributed by atoms with E-state index >= 15 is 0 Å². The molecule has 4 aromatic carbocycles. The zero-order valence-electron chi connectivity index (χ0n) is 20.3. The van der Waals surface area contributed by atoms with Gasteiger partial charge in [-0.25, -0.2) is 0 Å². The molecule has 0 saturated carbocycles. The first-order chi connectivity index (χ1) is 17.5. The molecule has 0 bridgehead atoms. The lowest BCUT2D eigenvalue weighted by atomic mass is 9.98. The van der Waals surface area contributed by atoms with Crippen LogP contribution in [0, 0.1) is 6.92 Å². The summed E-state index contributed by atoms with van der Waals surface area (Å²) in [5.41, 5.74) is 5.20. The molecule has 0 aliphatic heterocycles. The number of ether oxygens (including phenoxy) is 1. The van der Waals surface area contributed by atoms with Gasteiger partial charge in [0.1, 0.15) is 12.4 Å². The van der Waals surface area contributed by atoms with Crippen LogP contribution in [0.4, 0.5) is 11.4 Å². The number of aliphatic hydroxyl groups is 1. The summed E-state index contributed by atoms with van der Waals surface area (Å²) in [4.78, 5) is 27.7. The number of benzene rings is 4. The SMILES string of the molecule is Cc1ccc(-c2ccccc2C(=O)Nc2ccc(C(=O)N(C)c3ccccc3OCCO)cc2)cc1. The van der Waals surface area contributed by atoms with Crippen LogP contribution in [0.15, 0.2) is 97.1 Å². The van der Waals surface area contributed by atoms with Gasteiger partial charge >= 0.3 is 0 Å². The van der Waals surface area contributed by atoms with Gasteiger partial charge in [-0.15, -0.1) is 0 Å². The van der Waals surface area contributed by atoms with E-state index in [1.165, 1.54) is 4.90 Å². The molecule has 4 aromatic rings. The third-order valence-electron chi connectivity index (χ3n) is 5.80. The Kier molecular flexibility index (Phi) is 7.78. The molecular formula is C30H28N2O4. The van der Waals surface area contributed by atoms with Crippen LogP contribution in [0.25, 0.3) is 11.1 Å². The van der Waals surface area contributed by atoms with Gasteiger partial charge in [-0.2, -0.15) is 0 Å². The first-order valence-corrected chi connectivity index (χ1v) is 11.7. The Morgan fingerprint density at radius 3 is 2.25 bits per heavy atom. The highest BCUT2D eigenvalue weighted by atomic mass is 16.5. The number of hydrogen-bond donors (Lipinski definition) is 2. The molecule has 0 radical (unpaired) electrons. The van der Waals surface area contributed by atoms with Crippen molar-refractivity contribution in [1.82, 2.24) is 0 Å². The van der Waals surface area contributed by atoms with Gasteiger partial charge in [0.2, 0.25) is 0 Å². The molecule has 0 aliphatic carbocycles. The van der Waals surface area contributed by atoms with Crippen molar-refractivity contribution in [3.8, 4) is 16.9 Å². The number of aliphatic hydroxyl groups excluding tert-OH is 1. The molecule has 2 amide bonds. The Balaban J connectivity index is 1.49. The van der Waals surface area contributed by atoms with Gasteiger partial charge in [0.15, 0.2) is 0 Å². The maximum absolute atomic E-state index is 13.1. The molecule has 2 N–H and O–H groups in total. The monoisotopic (exact) mass is 480 g/mol. The molecule has 0 spiro atoms. The van der Waals surface area contributed by atoms with Crippen molar-refractivity contribution in [3.05, 3.63) is 114 Å². The average molecular weight is 481 g/mol. The number of nitrogens with one attached hydrogen (secondary N) is 1. The van der Waals surface area contributed by atoms with Crippen molar-refractivity contribution in [3.63, 3.8) is 0 Å². The van der Waals surface area contributed by atoms with Crippen LogP contribution in [0.3, 0.4) is 0 Å². The molecule has 0 saturated heterocycles. The zero-order valence-corrected chi connectivity index (χ0v) is 20.3. The lowest BCUT2D eigenvalue weighted by molar-refractivity contribution is 0.0990. The van der Waals surface area contributed by atoms with Gasteiger partial charge in [-0.3, -0.25) is 9.59 Å². The number of hydrogen-bond acceptors (Lipinski definition) is 4. The molecule has 4 rings (SSSR count). The number of nitrogens with zero attached hydrogens (tertiary/aromatic N) is 1. The first kappa shape index (κ1) is 24.7. The van der Waals surface area contributed by atoms with Crippen LogP contribution in [0.2, 0.25) is 0 Å². The summed E-state index contributed by atoms with van der Waals surface area (Å²) in [5.74, 6) is 0.0634. The second kappa shape index (κ2) is 11.3. The standard InChI is InChI=1S/C30H28N2O4/c1-21-11-13-22(14-12-21)25-7-3-4-8-26(25)29(34)31-24-17-15-23(16-18-24)30(35)32(2)27-9-5-6-10-28(27)36-20-19-33/h3-18,33H,19-20H2,1-2H3,(H,31,34). The normalized spacial score (nSPS) is 10.5. The average Bonchev–Trinajstić information content (AvgIpc) is 2.92. The molecule has 6 heteroatoms. The minimum Gasteiger partial charge on any atom is -0.489 e. The molecule has 6 nitrogen and oxygen atoms in total. The van der Waals surface area contributed by atoms with Crippen molar-refractivity contribution in [2.45, 2.75) is 6.92 Å². The summed E-state index contributed by atoms with van der Waals surface area (Å²) in [7, 11) is 1.67. The summed E-state index contributed by atoms with van der Waals surface area (Å²) in [6.07, 6.45) is 0. The summed E-state index contributed by atoms with van der Waals surface area (Å²) in [6, 6.07) is 29.5. The van der Waals surface area contributed by atoms with Crippen molar-refractivity contribution >= 4 is 23.2 Å². The topological polar surface area (TPSA) is 78.9 Å². The Morgan fingerprint density at radius 2 is 1.53 bits per heavy atom. The van der Waals surface area contributed by atoms with Gasteiger partial charge in [0.05, 0.1) is 12.3 Å². The number of rotatable bonds is 8. The fourth-order valence-corrected chi connectivity index (χ4v) is 3.88. The Hall–Kier alpha value is -4.42. The smallest absolute Gasteiger partial charge is 0.258 e. The Labute approximate surface area is 210 Å². The van der Waals surface area contributed by atoms with Gasteiger partial charge in [0.25, 0.3) is 11.8 Å². The summed E-state index contributed by atoms with van der Waals surface area (Å²) in [5, 5.41) is 12.0. The van der Waals surface area contributed by atoms with Crippen LogP contribution in [0.5, 0.6) is 5.75 Å². The molecular weight excluding hydrogens is 452 g/mol. The fourth-order valence-electron chi connectivity index (χ4n) is 3.88. The molecule has 182 valence electrons. The van der Waals surface area contributed by atoms with E-state index in [0.717, 1.165) is 16.7 Å². The largest absolute Gasteiger partial charge is 0.489 e. The highest BCUT2D eigenvalue weighted by Crippen LogP contribution is 2.29. The second-order valence-corrected chi connectivity index (χ2v) is 8.35. The van der Waals surface area contributed by atoms with Gasteiger partial charge < -0.3 is 20.1 Å². The highest BCUT2D eigenvalue weighted by Gasteiger charge is 2.18. The van der Waals surface area contributed by atoms with Gasteiger partial charge in [0, 0.05) is 23.9 Å². The van der Waals surface area contributed by atoms with E-state index in [0.29, 0.717) is 28.3 Å². The molecule has 0 atom stereocenters. The van der Waals surface area contributed by atoms with Gasteiger partial charge in [-0.05, 0) is 60.5 Å². The third kappa shape index (κ3) is 5.62. The lowest BCUT2D eigenvalue weighted by Crippen LogP contribution is -2.27. The molecule has 0 aromatic heterocycles. The number of para-hydroxylation sites is 2. The molecule has 0 fully saturated rings. The van der Waals surface area contributed by atoms with Crippen LogP contribution in [-0.4, -0.2) is 37.2 Å². The minimum absolute atomic E-state index is 0.116. The lowest BCUT2D eigenvalue weighted by Gasteiger charge is -2.21. The van der Waals surface area contributed by atoms with E-state index in [4.69, 9.17) is 9.84 Å². The van der Waals surface area contributed by atoms with Crippen molar-refractivity contribution < 1.29 is 19.4 Å². The predicted molar refractivity (Wildman–Crippen MR) is 143 cm³/mol. The Bertz CT molecular complexity index is 1350. The highest BCUT2D eigenvalue weighted by molar-refractivity contribution is 6.09. The van der Waals surface area contributed by atoms with E-state index in [9.17, 15) is 9.59 Å². The first-order valence-electron chi connectivity index (χ1n) is 11.7. The van der Waals surface area contributed by atoms with Crippen LogP contribution in [0.1, 0.15) is 26.3 Å². The van der Waals surface area contributed by atoms with E-state index < -0.39 is 0 Å². The van der Waals surface area contributed by atoms with E-state index in [-0.39, 0.29) is 25.0 Å². The zero-order chi connectivity index (χ0) is 25.5. The van der Waals surface area contributed by atoms with Crippen molar-refractivity contribution in [2.24, 2.45) is 0 Å². The van der Waals surface area contributed by atoms with E-state index in [1.54, 1.807) is 49.5 Å². The van der Waals surface area contributed by atoms with Crippen molar-refractivity contribution in [1.29, 1.82) is 0 Å². The molecule has 36 heavy (non-hydrogen) atoms. The molecule has 0 unspecified atom stereocenters. The summed E-state index contributed by atoms with van der Waals surface area (Å²) in [6.45, 7) is 2.05. The number of carbonyl (C=O) groups is 2. The van der Waals surface area contributed by atoms with Crippen LogP contribution < -0.4 is 15.0 Å². The van der Waals surface area contributed by atoms with Crippen LogP contribution >= 0.6 is 0 Å². The maximum Gasteiger partial charge on any atom is 0.258 e. The summed E-state index contributed by atoms with van der Waals surface area (Å²) < 4.78 is 5.55.